The van der Waals surface area contributed by atoms with Crippen LogP contribution in [0.15, 0.2) is 77.9 Å². The zero-order valence-electron chi connectivity index (χ0n) is 21.6. The molecule has 4 aromatic rings. The Kier molecular flexibility index (Phi) is 7.91. The maximum atomic E-state index is 13.2. The van der Waals surface area contributed by atoms with Crippen molar-refractivity contribution in [2.24, 2.45) is 5.92 Å². The van der Waals surface area contributed by atoms with E-state index in [1.807, 2.05) is 30.3 Å². The lowest BCUT2D eigenvalue weighted by Crippen LogP contribution is -2.44. The van der Waals surface area contributed by atoms with Gasteiger partial charge in [0.2, 0.25) is 5.91 Å². The highest BCUT2D eigenvalue weighted by Gasteiger charge is 2.26. The Hall–Kier alpha value is -4.60. The minimum absolute atomic E-state index is 0.0631. The van der Waals surface area contributed by atoms with Crippen molar-refractivity contribution in [2.45, 2.75) is 19.4 Å². The summed E-state index contributed by atoms with van der Waals surface area (Å²) in [6.45, 7) is 1.85. The summed E-state index contributed by atoms with van der Waals surface area (Å²) in [5, 5.41) is 7.33. The standard InChI is InChI=1S/C29H29FN6O3/c1-39-24-10-6-21(7-11-24)26-17-27(33-19-32-26)35-15-2-3-22(18-35)29(38)31-14-16-36-28(37)13-12-25(34-36)20-4-8-23(30)9-5-20/h4-13,17,19,22H,2-3,14-16,18H2,1H3,(H,31,38). The molecule has 1 amide bonds. The number of piperidine rings is 1. The molecule has 1 unspecified atom stereocenters. The number of methoxy groups -OCH3 is 1. The van der Waals surface area contributed by atoms with E-state index in [1.165, 1.54) is 22.9 Å². The first kappa shape index (κ1) is 26.0. The van der Waals surface area contributed by atoms with Crippen LogP contribution in [0.25, 0.3) is 22.5 Å². The number of aromatic nitrogens is 4. The summed E-state index contributed by atoms with van der Waals surface area (Å²) in [7, 11) is 1.63. The molecule has 1 atom stereocenters. The monoisotopic (exact) mass is 528 g/mol. The summed E-state index contributed by atoms with van der Waals surface area (Å²) in [6, 6.07) is 18.6. The van der Waals surface area contributed by atoms with Crippen molar-refractivity contribution >= 4 is 11.7 Å². The second-order valence-corrected chi connectivity index (χ2v) is 9.35. The van der Waals surface area contributed by atoms with Crippen molar-refractivity contribution in [2.75, 3.05) is 31.6 Å². The van der Waals surface area contributed by atoms with Crippen molar-refractivity contribution in [1.29, 1.82) is 0 Å². The van der Waals surface area contributed by atoms with Crippen LogP contribution in [0.5, 0.6) is 5.75 Å². The smallest absolute Gasteiger partial charge is 0.266 e. The highest BCUT2D eigenvalue weighted by molar-refractivity contribution is 5.79. The van der Waals surface area contributed by atoms with Crippen molar-refractivity contribution in [3.05, 3.63) is 89.2 Å². The van der Waals surface area contributed by atoms with Crippen molar-refractivity contribution in [3.8, 4) is 28.3 Å². The van der Waals surface area contributed by atoms with E-state index in [0.29, 0.717) is 17.8 Å². The van der Waals surface area contributed by atoms with Crippen molar-refractivity contribution in [3.63, 3.8) is 0 Å². The van der Waals surface area contributed by atoms with Gasteiger partial charge in [0.15, 0.2) is 0 Å². The zero-order chi connectivity index (χ0) is 27.2. The summed E-state index contributed by atoms with van der Waals surface area (Å²) in [5.74, 6) is 0.953. The number of benzene rings is 2. The average molecular weight is 529 g/mol. The summed E-state index contributed by atoms with van der Waals surface area (Å²) < 4.78 is 19.8. The molecule has 0 radical (unpaired) electrons. The van der Waals surface area contributed by atoms with Gasteiger partial charge in [-0.25, -0.2) is 19.0 Å². The van der Waals surface area contributed by atoms with Crippen molar-refractivity contribution in [1.82, 2.24) is 25.1 Å². The normalized spacial score (nSPS) is 15.1. The molecule has 2 aromatic heterocycles. The number of carbonyl (C=O) groups is 1. The first-order valence-corrected chi connectivity index (χ1v) is 12.8. The van der Waals surface area contributed by atoms with Gasteiger partial charge in [-0.05, 0) is 67.4 Å². The van der Waals surface area contributed by atoms with Gasteiger partial charge in [-0.2, -0.15) is 5.10 Å². The van der Waals surface area contributed by atoms with E-state index in [1.54, 1.807) is 31.6 Å². The summed E-state index contributed by atoms with van der Waals surface area (Å²) >= 11 is 0. The lowest BCUT2D eigenvalue weighted by Gasteiger charge is -2.33. The van der Waals surface area contributed by atoms with Gasteiger partial charge in [0.25, 0.3) is 5.56 Å². The molecule has 3 heterocycles. The summed E-state index contributed by atoms with van der Waals surface area (Å²) in [4.78, 5) is 36.3. The maximum Gasteiger partial charge on any atom is 0.266 e. The number of ether oxygens (including phenoxy) is 1. The molecule has 1 aliphatic heterocycles. The van der Waals surface area contributed by atoms with Gasteiger partial charge in [-0.3, -0.25) is 9.59 Å². The van der Waals surface area contributed by atoms with Crippen LogP contribution in [0.2, 0.25) is 0 Å². The van der Waals surface area contributed by atoms with E-state index in [-0.39, 0.29) is 36.3 Å². The SMILES string of the molecule is COc1ccc(-c2cc(N3CCCC(C(=O)NCCn4nc(-c5ccc(F)cc5)ccc4=O)C3)ncn2)cc1. The Balaban J connectivity index is 1.19. The van der Waals surface area contributed by atoms with E-state index in [9.17, 15) is 14.0 Å². The Labute approximate surface area is 225 Å². The van der Waals surface area contributed by atoms with E-state index in [4.69, 9.17) is 4.74 Å². The number of nitrogens with zero attached hydrogens (tertiary/aromatic N) is 5. The minimum atomic E-state index is -0.339. The quantitative estimate of drug-likeness (QED) is 0.373. The number of rotatable bonds is 8. The number of amides is 1. The fourth-order valence-corrected chi connectivity index (χ4v) is 4.65. The second kappa shape index (κ2) is 11.8. The van der Waals surface area contributed by atoms with Crippen LogP contribution in [0.3, 0.4) is 0 Å². The topological polar surface area (TPSA) is 102 Å². The Morgan fingerprint density at radius 1 is 1.03 bits per heavy atom. The summed E-state index contributed by atoms with van der Waals surface area (Å²) in [6.07, 6.45) is 3.18. The molecule has 0 spiro atoms. The molecule has 1 saturated heterocycles. The summed E-state index contributed by atoms with van der Waals surface area (Å²) in [5.41, 5.74) is 2.75. The lowest BCUT2D eigenvalue weighted by molar-refractivity contribution is -0.125. The first-order valence-electron chi connectivity index (χ1n) is 12.8. The predicted octanol–water partition coefficient (Wildman–Crippen LogP) is 3.55. The van der Waals surface area contributed by atoms with Gasteiger partial charge < -0.3 is 15.0 Å². The number of hydrogen-bond acceptors (Lipinski definition) is 7. The van der Waals surface area contributed by atoms with Crippen LogP contribution >= 0.6 is 0 Å². The Bertz CT molecular complexity index is 1490. The van der Waals surface area contributed by atoms with Crippen LogP contribution in [-0.4, -0.2) is 52.4 Å². The minimum Gasteiger partial charge on any atom is -0.497 e. The van der Waals surface area contributed by atoms with Gasteiger partial charge in [0.1, 0.15) is 23.7 Å². The van der Waals surface area contributed by atoms with Crippen LogP contribution in [0.1, 0.15) is 12.8 Å². The molecule has 9 nitrogen and oxygen atoms in total. The van der Waals surface area contributed by atoms with Crippen molar-refractivity contribution < 1.29 is 13.9 Å². The molecule has 10 heteroatoms. The number of hydrogen-bond donors (Lipinski definition) is 1. The number of carbonyl (C=O) groups excluding carboxylic acids is 1. The Morgan fingerprint density at radius 3 is 2.54 bits per heavy atom. The highest BCUT2D eigenvalue weighted by Crippen LogP contribution is 2.26. The molecule has 39 heavy (non-hydrogen) atoms. The number of nitrogens with one attached hydrogen (secondary N) is 1. The molecule has 0 saturated carbocycles. The molecular formula is C29H29FN6O3. The van der Waals surface area contributed by atoms with Gasteiger partial charge >= 0.3 is 0 Å². The van der Waals surface area contributed by atoms with Crippen LogP contribution in [0.4, 0.5) is 10.2 Å². The third-order valence-corrected chi connectivity index (χ3v) is 6.78. The van der Waals surface area contributed by atoms with E-state index in [2.05, 4.69) is 25.3 Å². The van der Waals surface area contributed by atoms with Gasteiger partial charge in [-0.1, -0.05) is 0 Å². The molecule has 200 valence electrons. The van der Waals surface area contributed by atoms with E-state index >= 15 is 0 Å². The van der Waals surface area contributed by atoms with Gasteiger partial charge in [-0.15, -0.1) is 0 Å². The highest BCUT2D eigenvalue weighted by atomic mass is 19.1. The molecule has 2 aromatic carbocycles. The molecule has 1 aliphatic rings. The van der Waals surface area contributed by atoms with Crippen LogP contribution in [-0.2, 0) is 11.3 Å². The zero-order valence-corrected chi connectivity index (χ0v) is 21.6. The fourth-order valence-electron chi connectivity index (χ4n) is 4.65. The Morgan fingerprint density at radius 2 is 1.77 bits per heavy atom. The van der Waals surface area contributed by atoms with Crippen LogP contribution in [0, 0.1) is 11.7 Å². The second-order valence-electron chi connectivity index (χ2n) is 9.35. The molecule has 0 aliphatic carbocycles. The molecule has 0 bridgehead atoms. The third-order valence-electron chi connectivity index (χ3n) is 6.78. The molecule has 1 N–H and O–H groups in total. The van der Waals surface area contributed by atoms with Gasteiger partial charge in [0.05, 0.1) is 31.0 Å². The molecule has 1 fully saturated rings. The largest absolute Gasteiger partial charge is 0.497 e. The van der Waals surface area contributed by atoms with Gasteiger partial charge in [0, 0.05) is 42.9 Å². The average Bonchev–Trinajstić information content (AvgIpc) is 2.98. The number of anilines is 1. The van der Waals surface area contributed by atoms with E-state index < -0.39 is 0 Å². The van der Waals surface area contributed by atoms with E-state index in [0.717, 1.165) is 42.2 Å². The third kappa shape index (κ3) is 6.28. The fraction of sp³-hybridized carbons (Fsp3) is 0.276. The lowest BCUT2D eigenvalue weighted by atomic mass is 9.97. The van der Waals surface area contributed by atoms with Crippen LogP contribution < -0.4 is 20.5 Å². The predicted molar refractivity (Wildman–Crippen MR) is 146 cm³/mol. The molecule has 5 rings (SSSR count). The maximum absolute atomic E-state index is 13.2. The molecular weight excluding hydrogens is 499 g/mol. The first-order chi connectivity index (χ1) is 19.0. The number of halogens is 1.